The van der Waals surface area contributed by atoms with E-state index in [1.165, 1.54) is 62.4 Å². The van der Waals surface area contributed by atoms with Crippen molar-refractivity contribution in [3.05, 3.63) is 149 Å². The van der Waals surface area contributed by atoms with Crippen molar-refractivity contribution in [2.45, 2.75) is 22.1 Å². The Morgan fingerprint density at radius 2 is 1.02 bits per heavy atom. The lowest BCUT2D eigenvalue weighted by atomic mass is 9.80. The van der Waals surface area contributed by atoms with E-state index in [-0.39, 0.29) is 20.9 Å². The van der Waals surface area contributed by atoms with Crippen LogP contribution in [0.1, 0.15) is 11.4 Å². The molecule has 0 aliphatic heterocycles. The molecule has 8 rings (SSSR count). The van der Waals surface area contributed by atoms with Crippen LogP contribution in [0.5, 0.6) is 0 Å². The summed E-state index contributed by atoms with van der Waals surface area (Å²) in [6, 6.07) is 34.0. The number of aromatic nitrogens is 4. The molecule has 0 aliphatic carbocycles. The average molecular weight is 1050 g/mol. The average Bonchev–Trinajstić information content (AvgIpc) is 4.07. The second-order valence-corrected chi connectivity index (χ2v) is 21.7. The summed E-state index contributed by atoms with van der Waals surface area (Å²) in [5, 5.41) is 25.0. The van der Waals surface area contributed by atoms with Crippen molar-refractivity contribution in [3.8, 4) is 43.0 Å². The minimum atomic E-state index is -4.61. The predicted molar refractivity (Wildman–Crippen MR) is 248 cm³/mol. The van der Waals surface area contributed by atoms with Gasteiger partial charge in [-0.3, -0.25) is 0 Å². The Kier molecular flexibility index (Phi) is 14.8. The van der Waals surface area contributed by atoms with E-state index in [1.807, 2.05) is 0 Å². The quantitative estimate of drug-likeness (QED) is 0.0648. The van der Waals surface area contributed by atoms with E-state index in [0.29, 0.717) is 43.8 Å². The van der Waals surface area contributed by atoms with Crippen LogP contribution in [0, 0.1) is 0 Å². The summed E-state index contributed by atoms with van der Waals surface area (Å²) in [6.45, 7) is 0. The van der Waals surface area contributed by atoms with Gasteiger partial charge >= 0.3 is 19.5 Å². The lowest BCUT2D eigenvalue weighted by Crippen LogP contribution is -2.30. The Morgan fingerprint density at radius 1 is 0.576 bits per heavy atom. The summed E-state index contributed by atoms with van der Waals surface area (Å²) >= 11 is 5.89. The summed E-state index contributed by atoms with van der Waals surface area (Å²) < 4.78 is 128. The first kappa shape index (κ1) is 49.7. The second-order valence-electron chi connectivity index (χ2n) is 14.1. The Morgan fingerprint density at radius 3 is 1.45 bits per heavy atom. The monoisotopic (exact) mass is 1050 g/mol. The summed E-state index contributed by atoms with van der Waals surface area (Å²) in [5.74, 6) is 0. The van der Waals surface area contributed by atoms with Gasteiger partial charge in [0.05, 0.1) is 46.1 Å². The highest BCUT2D eigenvalue weighted by molar-refractivity contribution is 9.11. The molecule has 0 spiro atoms. The van der Waals surface area contributed by atoms with Gasteiger partial charge in [-0.1, -0.05) is 36.4 Å². The molecule has 0 unspecified atom stereocenters. The molecular weight excluding hydrogens is 1020 g/mol. The summed E-state index contributed by atoms with van der Waals surface area (Å²) in [5.41, 5.74) is 12.8. The molecule has 4 aromatic heterocycles. The highest BCUT2D eigenvalue weighted by Gasteiger charge is 2.36. The van der Waals surface area contributed by atoms with Crippen LogP contribution >= 0.6 is 38.6 Å². The normalized spacial score (nSPS) is 11.9. The molecule has 0 aliphatic rings. The largest absolute Gasteiger partial charge is 0.488 e. The van der Waals surface area contributed by atoms with E-state index in [1.54, 1.807) is 91.0 Å². The number of halogens is 7. The molecule has 66 heavy (non-hydrogen) atoms. The second kappa shape index (κ2) is 19.6. The molecule has 6 N–H and O–H groups in total. The van der Waals surface area contributed by atoms with Gasteiger partial charge in [0, 0.05) is 28.8 Å². The van der Waals surface area contributed by atoms with Gasteiger partial charge in [-0.15, -0.1) is 22.7 Å². The third-order valence-electron chi connectivity index (χ3n) is 9.04. The number of anilines is 2. The summed E-state index contributed by atoms with van der Waals surface area (Å²) in [4.78, 5) is 2.19. The van der Waals surface area contributed by atoms with Gasteiger partial charge in [0.25, 0.3) is 0 Å². The molecule has 0 saturated heterocycles. The van der Waals surface area contributed by atoms with E-state index in [2.05, 4.69) is 26.1 Å². The minimum absolute atomic E-state index is 0.0816. The Bertz CT molecular complexity index is 3240. The van der Waals surface area contributed by atoms with E-state index in [0.717, 1.165) is 33.3 Å². The molecule has 0 saturated carbocycles. The Hall–Kier alpha value is -5.76. The first-order valence-corrected chi connectivity index (χ1v) is 24.9. The number of thiophene rings is 2. The van der Waals surface area contributed by atoms with Gasteiger partial charge in [0.1, 0.15) is 0 Å². The number of nitrogens with zero attached hydrogens (tertiary/aromatic N) is 4. The Labute approximate surface area is 390 Å². The fraction of sp³-hybridized carbons (Fsp3) is 0.0952. The summed E-state index contributed by atoms with van der Waals surface area (Å²) in [7, 11) is -8.30. The van der Waals surface area contributed by atoms with Crippen molar-refractivity contribution in [3.63, 3.8) is 0 Å². The lowest BCUT2D eigenvalue weighted by Gasteiger charge is -2.07. The molecule has 24 heteroatoms. The molecule has 4 aromatic carbocycles. The van der Waals surface area contributed by atoms with Gasteiger partial charge in [0.2, 0.25) is 0 Å². The number of nitrogen functional groups attached to an aromatic ring is 2. The van der Waals surface area contributed by atoms with E-state index in [4.69, 9.17) is 21.5 Å². The van der Waals surface area contributed by atoms with E-state index < -0.39 is 50.5 Å². The Balaban J connectivity index is 0.000000179. The molecule has 0 atom stereocenters. The van der Waals surface area contributed by atoms with E-state index >= 15 is 0 Å². The maximum absolute atomic E-state index is 13.4. The first-order valence-electron chi connectivity index (χ1n) is 18.7. The highest BCUT2D eigenvalue weighted by Crippen LogP contribution is 2.40. The zero-order chi connectivity index (χ0) is 48.4. The van der Waals surface area contributed by atoms with Gasteiger partial charge in [0.15, 0.2) is 31.1 Å². The number of hydrogen-bond donors (Lipinski definition) is 4. The lowest BCUT2D eigenvalue weighted by molar-refractivity contribution is -0.142. The van der Waals surface area contributed by atoms with Crippen molar-refractivity contribution < 1.29 is 53.2 Å². The van der Waals surface area contributed by atoms with Crippen LogP contribution in [0.15, 0.2) is 147 Å². The number of rotatable bonds is 8. The topological polar surface area (TPSA) is 196 Å². The van der Waals surface area contributed by atoms with Crippen molar-refractivity contribution >= 4 is 82.2 Å². The maximum Gasteiger partial charge on any atom is 0.488 e. The van der Waals surface area contributed by atoms with Gasteiger partial charge in [-0.25, -0.2) is 26.2 Å². The van der Waals surface area contributed by atoms with Crippen molar-refractivity contribution in [2.75, 3.05) is 24.0 Å². The molecular formula is C42H34BBrF6N6O6S4. The zero-order valence-corrected chi connectivity index (χ0v) is 38.9. The van der Waals surface area contributed by atoms with Crippen LogP contribution in [-0.2, 0) is 32.0 Å². The highest BCUT2D eigenvalue weighted by atomic mass is 79.9. The van der Waals surface area contributed by atoms with E-state index in [9.17, 15) is 43.2 Å². The molecule has 0 amide bonds. The fourth-order valence-electron chi connectivity index (χ4n) is 5.97. The van der Waals surface area contributed by atoms with Crippen LogP contribution in [0.25, 0.3) is 43.0 Å². The number of benzene rings is 4. The van der Waals surface area contributed by atoms with Crippen molar-refractivity contribution in [1.82, 2.24) is 19.6 Å². The SMILES string of the molecule is CS(=O)(=O)c1cccc(-c2ccc(-c3cc(C(F)(F)F)nn3-c3cccc(N)c3)s2)c1.CS(=O)(=O)c1cccc(B(O)O)c1.Nc1cccc(-n2nc(C(F)(F)F)cc2-c2ccc(Br)s2)c1. The first-order chi connectivity index (χ1) is 30.8. The number of sulfone groups is 2. The molecule has 8 aromatic rings. The molecule has 0 radical (unpaired) electrons. The van der Waals surface area contributed by atoms with Crippen LogP contribution in [-0.4, -0.2) is 66.1 Å². The van der Waals surface area contributed by atoms with Crippen LogP contribution < -0.4 is 16.9 Å². The molecule has 0 fully saturated rings. The van der Waals surface area contributed by atoms with Gasteiger partial charge < -0.3 is 21.5 Å². The number of alkyl halides is 6. The zero-order valence-electron chi connectivity index (χ0n) is 34.0. The van der Waals surface area contributed by atoms with Crippen molar-refractivity contribution in [1.29, 1.82) is 0 Å². The predicted octanol–water partition coefficient (Wildman–Crippen LogP) is 9.01. The van der Waals surface area contributed by atoms with Gasteiger partial charge in [-0.2, -0.15) is 36.5 Å². The number of hydrogen-bond acceptors (Lipinski definition) is 12. The van der Waals surface area contributed by atoms with Crippen LogP contribution in [0.2, 0.25) is 0 Å². The molecule has 344 valence electrons. The molecule has 0 bridgehead atoms. The third kappa shape index (κ3) is 12.4. The standard InChI is InChI=1S/C21H16F3N3O2S2.C14H9BrF3N3S.C7H9BO4S/c1-31(28,29)16-7-2-4-13(10-16)18-8-9-19(30-18)17-12-20(21(22,23)24)26-27(17)15-6-3-5-14(25)11-15;15-13-5-4-11(22-13)10-7-12(14(16,17)18)20-21(10)9-3-1-2-8(19)6-9;1-13(11,12)7-4-2-3-6(5-7)8(9)10/h2-12H,25H2,1H3;1-7H,19H2;2-5,9-10H,1H3. The molecule has 4 heterocycles. The van der Waals surface area contributed by atoms with Gasteiger partial charge in [-0.05, 0) is 124 Å². The molecule has 12 nitrogen and oxygen atoms in total. The maximum atomic E-state index is 13.4. The van der Waals surface area contributed by atoms with Crippen molar-refractivity contribution in [2.24, 2.45) is 0 Å². The fourth-order valence-corrected chi connectivity index (χ4v) is 9.70. The third-order valence-corrected chi connectivity index (χ3v) is 14.1. The minimum Gasteiger partial charge on any atom is -0.423 e. The summed E-state index contributed by atoms with van der Waals surface area (Å²) in [6.07, 6.45) is -6.93. The van der Waals surface area contributed by atoms with Crippen LogP contribution in [0.3, 0.4) is 0 Å². The smallest absolute Gasteiger partial charge is 0.423 e. The van der Waals surface area contributed by atoms with Crippen LogP contribution in [0.4, 0.5) is 37.7 Å². The number of nitrogens with two attached hydrogens (primary N) is 2.